The lowest BCUT2D eigenvalue weighted by Gasteiger charge is -2.32. The number of rotatable bonds is 3. The fourth-order valence-electron chi connectivity index (χ4n) is 3.59. The van der Waals surface area contributed by atoms with Crippen LogP contribution in [-0.2, 0) is 12.0 Å². The molecule has 1 aromatic carbocycles. The highest BCUT2D eigenvalue weighted by Crippen LogP contribution is 2.37. The summed E-state index contributed by atoms with van der Waals surface area (Å²) in [5.41, 5.74) is 6.50. The number of benzene rings is 1. The molecule has 4 rings (SSSR count). The second-order valence-corrected chi connectivity index (χ2v) is 7.30. The van der Waals surface area contributed by atoms with E-state index in [0.717, 1.165) is 6.20 Å². The number of fused-ring (bicyclic) bond motifs is 1. The van der Waals surface area contributed by atoms with E-state index in [1.54, 1.807) is 6.92 Å². The first kappa shape index (κ1) is 20.1. The number of nitrogens with two attached hydrogens (primary N) is 1. The SMILES string of the molecule is CC1(c2cc(NC(=O)c3ccc(C#N)cn3)ccc2F)Cc2cncc(F)c2C(N)=N1. The highest BCUT2D eigenvalue weighted by Gasteiger charge is 2.36. The first-order valence-electron chi connectivity index (χ1n) is 9.26. The van der Waals surface area contributed by atoms with E-state index in [0.29, 0.717) is 16.8 Å². The van der Waals surface area contributed by atoms with Crippen molar-refractivity contribution in [2.24, 2.45) is 10.7 Å². The molecule has 9 heteroatoms. The number of amidine groups is 1. The molecule has 31 heavy (non-hydrogen) atoms. The highest BCUT2D eigenvalue weighted by atomic mass is 19.1. The smallest absolute Gasteiger partial charge is 0.274 e. The number of carbonyl (C=O) groups is 1. The second-order valence-electron chi connectivity index (χ2n) is 7.30. The second kappa shape index (κ2) is 7.57. The lowest BCUT2D eigenvalue weighted by molar-refractivity contribution is 0.102. The summed E-state index contributed by atoms with van der Waals surface area (Å²) in [6, 6.07) is 8.91. The zero-order chi connectivity index (χ0) is 22.2. The molecule has 0 aliphatic carbocycles. The summed E-state index contributed by atoms with van der Waals surface area (Å²) in [4.78, 5) is 24.6. The average Bonchev–Trinajstić information content (AvgIpc) is 2.74. The third-order valence-corrected chi connectivity index (χ3v) is 5.07. The van der Waals surface area contributed by atoms with E-state index in [4.69, 9.17) is 11.0 Å². The van der Waals surface area contributed by atoms with Gasteiger partial charge in [-0.05, 0) is 42.8 Å². The average molecular weight is 418 g/mol. The summed E-state index contributed by atoms with van der Waals surface area (Å²) in [6.07, 6.45) is 4.01. The van der Waals surface area contributed by atoms with Crippen molar-refractivity contribution in [3.8, 4) is 6.07 Å². The first-order chi connectivity index (χ1) is 14.8. The molecule has 1 aliphatic rings. The van der Waals surface area contributed by atoms with E-state index in [-0.39, 0.29) is 29.1 Å². The fourth-order valence-corrected chi connectivity index (χ4v) is 3.59. The molecule has 2 aromatic heterocycles. The monoisotopic (exact) mass is 418 g/mol. The van der Waals surface area contributed by atoms with Crippen LogP contribution in [0.5, 0.6) is 0 Å². The van der Waals surface area contributed by atoms with Gasteiger partial charge in [0.15, 0.2) is 5.82 Å². The molecule has 0 saturated carbocycles. The van der Waals surface area contributed by atoms with Gasteiger partial charge in [-0.3, -0.25) is 14.8 Å². The number of nitrogens with zero attached hydrogens (tertiary/aromatic N) is 4. The number of aliphatic imine (C=N–C) groups is 1. The molecule has 0 spiro atoms. The number of carbonyl (C=O) groups excluding carboxylic acids is 1. The van der Waals surface area contributed by atoms with Crippen molar-refractivity contribution in [3.05, 3.63) is 88.5 Å². The van der Waals surface area contributed by atoms with Crippen LogP contribution >= 0.6 is 0 Å². The summed E-state index contributed by atoms with van der Waals surface area (Å²) in [5, 5.41) is 11.5. The normalized spacial score (nSPS) is 17.3. The van der Waals surface area contributed by atoms with Gasteiger partial charge in [-0.1, -0.05) is 0 Å². The van der Waals surface area contributed by atoms with Gasteiger partial charge in [0.2, 0.25) is 0 Å². The summed E-state index contributed by atoms with van der Waals surface area (Å²) >= 11 is 0. The molecule has 154 valence electrons. The molecule has 0 bridgehead atoms. The predicted octanol–water partition coefficient (Wildman–Crippen LogP) is 3.06. The van der Waals surface area contributed by atoms with Crippen molar-refractivity contribution in [3.63, 3.8) is 0 Å². The van der Waals surface area contributed by atoms with Crippen molar-refractivity contribution in [2.45, 2.75) is 18.9 Å². The van der Waals surface area contributed by atoms with Crippen LogP contribution < -0.4 is 11.1 Å². The zero-order valence-electron chi connectivity index (χ0n) is 16.4. The van der Waals surface area contributed by atoms with Crippen LogP contribution in [0.25, 0.3) is 0 Å². The Kier molecular flexibility index (Phi) is 4.91. The summed E-state index contributed by atoms with van der Waals surface area (Å²) in [5.74, 6) is -1.69. The fraction of sp³-hybridized carbons (Fsp3) is 0.136. The van der Waals surface area contributed by atoms with Crippen LogP contribution in [0.3, 0.4) is 0 Å². The Balaban J connectivity index is 1.66. The molecule has 0 saturated heterocycles. The van der Waals surface area contributed by atoms with Gasteiger partial charge >= 0.3 is 0 Å². The van der Waals surface area contributed by atoms with Crippen molar-refractivity contribution >= 4 is 17.4 Å². The van der Waals surface area contributed by atoms with Gasteiger partial charge in [0.25, 0.3) is 5.91 Å². The van der Waals surface area contributed by atoms with Crippen molar-refractivity contribution in [1.82, 2.24) is 9.97 Å². The Labute approximate surface area is 176 Å². The maximum atomic E-state index is 14.8. The molecule has 3 N–H and O–H groups in total. The van der Waals surface area contributed by atoms with Gasteiger partial charge in [0, 0.05) is 30.1 Å². The number of amides is 1. The van der Waals surface area contributed by atoms with Gasteiger partial charge in [-0.2, -0.15) is 5.26 Å². The standard InChI is InChI=1S/C22H16F2N6O/c1-22(7-13-10-27-11-17(24)19(13)20(26)30-22)15-6-14(3-4-16(15)23)29-21(31)18-5-2-12(8-25)9-28-18/h2-6,9-11H,7H2,1H3,(H2,26,30)(H,29,31). The molecular formula is C22H16F2N6O. The van der Waals surface area contributed by atoms with Crippen LogP contribution in [0.1, 0.15) is 39.7 Å². The Hall–Kier alpha value is -4.19. The molecular weight excluding hydrogens is 402 g/mol. The third-order valence-electron chi connectivity index (χ3n) is 5.07. The lowest BCUT2D eigenvalue weighted by Crippen LogP contribution is -2.35. The van der Waals surface area contributed by atoms with E-state index in [1.807, 2.05) is 6.07 Å². The van der Waals surface area contributed by atoms with Crippen molar-refractivity contribution in [1.29, 1.82) is 5.26 Å². The number of halogens is 2. The molecule has 1 atom stereocenters. The molecule has 1 aliphatic heterocycles. The largest absolute Gasteiger partial charge is 0.383 e. The van der Waals surface area contributed by atoms with E-state index in [2.05, 4.69) is 20.3 Å². The molecule has 0 fully saturated rings. The number of hydrogen-bond acceptors (Lipinski definition) is 6. The lowest BCUT2D eigenvalue weighted by atomic mass is 9.82. The summed E-state index contributed by atoms with van der Waals surface area (Å²) < 4.78 is 28.9. The van der Waals surface area contributed by atoms with Crippen molar-refractivity contribution in [2.75, 3.05) is 5.32 Å². The Morgan fingerprint density at radius 2 is 2.00 bits per heavy atom. The minimum atomic E-state index is -1.12. The third kappa shape index (κ3) is 3.71. The van der Waals surface area contributed by atoms with E-state index in [9.17, 15) is 13.6 Å². The molecule has 1 unspecified atom stereocenters. The van der Waals surface area contributed by atoms with Gasteiger partial charge in [0.1, 0.15) is 23.4 Å². The van der Waals surface area contributed by atoms with Crippen LogP contribution in [0.15, 0.2) is 53.9 Å². The van der Waals surface area contributed by atoms with Gasteiger partial charge in [-0.25, -0.2) is 13.8 Å². The molecule has 0 radical (unpaired) electrons. The van der Waals surface area contributed by atoms with Gasteiger partial charge < -0.3 is 11.1 Å². The topological polar surface area (TPSA) is 117 Å². The highest BCUT2D eigenvalue weighted by molar-refractivity contribution is 6.03. The number of pyridine rings is 2. The minimum absolute atomic E-state index is 0.0423. The molecule has 1 amide bonds. The zero-order valence-corrected chi connectivity index (χ0v) is 16.4. The predicted molar refractivity (Wildman–Crippen MR) is 109 cm³/mol. The Morgan fingerprint density at radius 3 is 2.71 bits per heavy atom. The summed E-state index contributed by atoms with van der Waals surface area (Å²) in [6.45, 7) is 1.68. The maximum absolute atomic E-state index is 14.8. The van der Waals surface area contributed by atoms with Crippen LogP contribution in [0.2, 0.25) is 0 Å². The van der Waals surface area contributed by atoms with E-state index in [1.165, 1.54) is 42.7 Å². The number of nitriles is 1. The number of anilines is 1. The molecule has 3 heterocycles. The minimum Gasteiger partial charge on any atom is -0.383 e. The Morgan fingerprint density at radius 1 is 1.19 bits per heavy atom. The van der Waals surface area contributed by atoms with Gasteiger partial charge in [-0.15, -0.1) is 0 Å². The Bertz CT molecular complexity index is 1270. The number of nitrogens with one attached hydrogen (secondary N) is 1. The number of hydrogen-bond donors (Lipinski definition) is 2. The first-order valence-corrected chi connectivity index (χ1v) is 9.26. The van der Waals surface area contributed by atoms with E-state index < -0.39 is 23.1 Å². The number of aromatic nitrogens is 2. The molecule has 7 nitrogen and oxygen atoms in total. The summed E-state index contributed by atoms with van der Waals surface area (Å²) in [7, 11) is 0. The molecule has 3 aromatic rings. The quantitative estimate of drug-likeness (QED) is 0.678. The van der Waals surface area contributed by atoms with Crippen LogP contribution in [0, 0.1) is 23.0 Å². The van der Waals surface area contributed by atoms with Crippen LogP contribution in [-0.4, -0.2) is 21.7 Å². The van der Waals surface area contributed by atoms with Gasteiger partial charge in [0.05, 0.1) is 22.9 Å². The van der Waals surface area contributed by atoms with E-state index >= 15 is 0 Å². The van der Waals surface area contributed by atoms with Crippen molar-refractivity contribution < 1.29 is 13.6 Å². The maximum Gasteiger partial charge on any atom is 0.274 e. The van der Waals surface area contributed by atoms with Crippen LogP contribution in [0.4, 0.5) is 14.5 Å².